The average molecular weight is 255 g/mol. The third-order valence-corrected chi connectivity index (χ3v) is 2.80. The molecule has 1 N–H and O–H groups in total. The van der Waals surface area contributed by atoms with Crippen LogP contribution in [0.4, 0.5) is 8.78 Å². The van der Waals surface area contributed by atoms with E-state index >= 15 is 0 Å². The van der Waals surface area contributed by atoms with Gasteiger partial charge in [0.05, 0.1) is 0 Å². The molecule has 4 heteroatoms. The molecule has 0 amide bonds. The maximum atomic E-state index is 13.5. The molecule has 0 saturated carbocycles. The van der Waals surface area contributed by atoms with Crippen molar-refractivity contribution >= 4 is 11.6 Å². The summed E-state index contributed by atoms with van der Waals surface area (Å²) >= 11 is 5.90. The van der Waals surface area contributed by atoms with Gasteiger partial charge in [0.15, 0.2) is 0 Å². The molecule has 1 nitrogen and oxygen atoms in total. The normalized spacial score (nSPS) is 12.5. The molecule has 1 atom stereocenters. The molecular formula is C13H9ClF2O. The molecule has 0 bridgehead atoms. The first-order valence-corrected chi connectivity index (χ1v) is 5.35. The van der Waals surface area contributed by atoms with Gasteiger partial charge >= 0.3 is 0 Å². The lowest BCUT2D eigenvalue weighted by Crippen LogP contribution is -2.03. The van der Waals surface area contributed by atoms with E-state index in [1.54, 1.807) is 24.3 Å². The fourth-order valence-corrected chi connectivity index (χ4v) is 1.83. The number of aliphatic hydroxyl groups is 1. The minimum Gasteiger partial charge on any atom is -0.383 e. The molecule has 0 radical (unpaired) electrons. The van der Waals surface area contributed by atoms with E-state index < -0.39 is 17.7 Å². The summed E-state index contributed by atoms with van der Waals surface area (Å²) in [5.74, 6) is -1.48. The third kappa shape index (κ3) is 2.46. The first-order valence-electron chi connectivity index (χ1n) is 4.97. The van der Waals surface area contributed by atoms with Crippen LogP contribution in [0.15, 0.2) is 42.5 Å². The lowest BCUT2D eigenvalue weighted by molar-refractivity contribution is 0.215. The van der Waals surface area contributed by atoms with E-state index in [0.29, 0.717) is 10.6 Å². The highest BCUT2D eigenvalue weighted by atomic mass is 35.5. The van der Waals surface area contributed by atoms with Crippen molar-refractivity contribution in [1.82, 2.24) is 0 Å². The van der Waals surface area contributed by atoms with Crippen LogP contribution in [0, 0.1) is 11.6 Å². The van der Waals surface area contributed by atoms with Crippen LogP contribution in [0.3, 0.4) is 0 Å². The lowest BCUT2D eigenvalue weighted by atomic mass is 10.0. The molecule has 17 heavy (non-hydrogen) atoms. The molecular weight excluding hydrogens is 246 g/mol. The zero-order chi connectivity index (χ0) is 12.4. The first kappa shape index (κ1) is 12.0. The molecule has 0 aliphatic carbocycles. The molecule has 0 aromatic heterocycles. The largest absolute Gasteiger partial charge is 0.383 e. The summed E-state index contributed by atoms with van der Waals surface area (Å²) in [6.45, 7) is 0. The summed E-state index contributed by atoms with van der Waals surface area (Å²) in [5.41, 5.74) is 0.388. The van der Waals surface area contributed by atoms with Crippen molar-refractivity contribution in [3.63, 3.8) is 0 Å². The summed E-state index contributed by atoms with van der Waals surface area (Å²) in [6, 6.07) is 9.62. The van der Waals surface area contributed by atoms with Crippen molar-refractivity contribution in [2.75, 3.05) is 0 Å². The predicted molar refractivity (Wildman–Crippen MR) is 61.9 cm³/mol. The molecule has 1 unspecified atom stereocenters. The first-order chi connectivity index (χ1) is 8.09. The third-order valence-electron chi connectivity index (χ3n) is 2.46. The van der Waals surface area contributed by atoms with E-state index in [1.165, 1.54) is 6.07 Å². The Kier molecular flexibility index (Phi) is 3.41. The van der Waals surface area contributed by atoms with Gasteiger partial charge in [0.25, 0.3) is 0 Å². The smallest absolute Gasteiger partial charge is 0.132 e. The lowest BCUT2D eigenvalue weighted by Gasteiger charge is -2.13. The summed E-state index contributed by atoms with van der Waals surface area (Å²) < 4.78 is 26.2. The fraction of sp³-hybridized carbons (Fsp3) is 0.0769. The second kappa shape index (κ2) is 4.82. The highest BCUT2D eigenvalue weighted by molar-refractivity contribution is 6.31. The van der Waals surface area contributed by atoms with E-state index in [4.69, 9.17) is 11.6 Å². The molecule has 0 fully saturated rings. The molecule has 0 heterocycles. The Morgan fingerprint density at radius 1 is 1.00 bits per heavy atom. The van der Waals surface area contributed by atoms with Crippen molar-refractivity contribution in [1.29, 1.82) is 0 Å². The van der Waals surface area contributed by atoms with Crippen LogP contribution in [-0.2, 0) is 0 Å². The fourth-order valence-electron chi connectivity index (χ4n) is 1.59. The maximum Gasteiger partial charge on any atom is 0.132 e. The van der Waals surface area contributed by atoms with Gasteiger partial charge in [0.2, 0.25) is 0 Å². The monoisotopic (exact) mass is 254 g/mol. The molecule has 2 aromatic carbocycles. The van der Waals surface area contributed by atoms with Gasteiger partial charge in [-0.25, -0.2) is 8.78 Å². The Balaban J connectivity index is 2.44. The van der Waals surface area contributed by atoms with Crippen LogP contribution in [0.25, 0.3) is 0 Å². The Morgan fingerprint density at radius 2 is 1.71 bits per heavy atom. The Hall–Kier alpha value is -1.45. The van der Waals surface area contributed by atoms with Gasteiger partial charge in [-0.1, -0.05) is 35.9 Å². The number of hydrogen-bond donors (Lipinski definition) is 1. The SMILES string of the molecule is OC(c1ccc(F)cc1F)c1ccccc1Cl. The second-order valence-electron chi connectivity index (χ2n) is 3.59. The van der Waals surface area contributed by atoms with Gasteiger partial charge in [0.1, 0.15) is 17.7 Å². The van der Waals surface area contributed by atoms with Crippen molar-refractivity contribution in [2.24, 2.45) is 0 Å². The van der Waals surface area contributed by atoms with Gasteiger partial charge in [-0.2, -0.15) is 0 Å². The molecule has 0 spiro atoms. The maximum absolute atomic E-state index is 13.5. The number of hydrogen-bond acceptors (Lipinski definition) is 1. The number of halogens is 3. The van der Waals surface area contributed by atoms with Crippen molar-refractivity contribution < 1.29 is 13.9 Å². The van der Waals surface area contributed by atoms with E-state index in [-0.39, 0.29) is 5.56 Å². The second-order valence-corrected chi connectivity index (χ2v) is 4.00. The van der Waals surface area contributed by atoms with Crippen LogP contribution in [0.2, 0.25) is 5.02 Å². The molecule has 2 aromatic rings. The van der Waals surface area contributed by atoms with Crippen LogP contribution < -0.4 is 0 Å². The zero-order valence-electron chi connectivity index (χ0n) is 8.70. The van der Waals surface area contributed by atoms with Crippen molar-refractivity contribution in [3.05, 3.63) is 70.2 Å². The zero-order valence-corrected chi connectivity index (χ0v) is 9.46. The summed E-state index contributed by atoms with van der Waals surface area (Å²) in [6.07, 6.45) is -1.20. The molecule has 0 aliphatic rings. The molecule has 0 aliphatic heterocycles. The summed E-state index contributed by atoms with van der Waals surface area (Å²) in [7, 11) is 0. The minimum atomic E-state index is -1.20. The number of rotatable bonds is 2. The van der Waals surface area contributed by atoms with Crippen molar-refractivity contribution in [3.8, 4) is 0 Å². The van der Waals surface area contributed by atoms with Gasteiger partial charge < -0.3 is 5.11 Å². The minimum absolute atomic E-state index is 0.000463. The quantitative estimate of drug-likeness (QED) is 0.866. The number of aliphatic hydroxyl groups excluding tert-OH is 1. The van der Waals surface area contributed by atoms with Crippen molar-refractivity contribution in [2.45, 2.75) is 6.10 Å². The topological polar surface area (TPSA) is 20.2 Å². The Morgan fingerprint density at radius 3 is 2.35 bits per heavy atom. The number of benzene rings is 2. The highest BCUT2D eigenvalue weighted by Crippen LogP contribution is 2.29. The highest BCUT2D eigenvalue weighted by Gasteiger charge is 2.17. The van der Waals surface area contributed by atoms with Crippen LogP contribution in [-0.4, -0.2) is 5.11 Å². The van der Waals surface area contributed by atoms with Crippen LogP contribution in [0.1, 0.15) is 17.2 Å². The van der Waals surface area contributed by atoms with E-state index in [0.717, 1.165) is 12.1 Å². The Bertz CT molecular complexity index is 543. The molecule has 88 valence electrons. The predicted octanol–water partition coefficient (Wildman–Crippen LogP) is 3.70. The molecule has 2 rings (SSSR count). The van der Waals surface area contributed by atoms with E-state index in [2.05, 4.69) is 0 Å². The summed E-state index contributed by atoms with van der Waals surface area (Å²) in [4.78, 5) is 0. The van der Waals surface area contributed by atoms with Gasteiger partial charge in [0, 0.05) is 22.2 Å². The average Bonchev–Trinajstić information content (AvgIpc) is 2.29. The van der Waals surface area contributed by atoms with Gasteiger partial charge in [-0.3, -0.25) is 0 Å². The van der Waals surface area contributed by atoms with Gasteiger partial charge in [-0.05, 0) is 12.1 Å². The van der Waals surface area contributed by atoms with E-state index in [9.17, 15) is 13.9 Å². The van der Waals surface area contributed by atoms with E-state index in [1.807, 2.05) is 0 Å². The van der Waals surface area contributed by atoms with Crippen LogP contribution in [0.5, 0.6) is 0 Å². The standard InChI is InChI=1S/C13H9ClF2O/c14-11-4-2-1-3-9(11)13(17)10-6-5-8(15)7-12(10)16/h1-7,13,17H. The summed E-state index contributed by atoms with van der Waals surface area (Å²) in [5, 5.41) is 10.3. The molecule has 0 saturated heterocycles. The van der Waals surface area contributed by atoms with Gasteiger partial charge in [-0.15, -0.1) is 0 Å². The Labute approximate surface area is 102 Å². The van der Waals surface area contributed by atoms with Crippen LogP contribution >= 0.6 is 11.6 Å².